The lowest BCUT2D eigenvalue weighted by atomic mass is 10.0. The van der Waals surface area contributed by atoms with Crippen molar-refractivity contribution in [3.05, 3.63) is 29.8 Å². The lowest BCUT2D eigenvalue weighted by Crippen LogP contribution is -2.54. The Balaban J connectivity index is 2.24. The van der Waals surface area contributed by atoms with Gasteiger partial charge in [-0.15, -0.1) is 0 Å². The monoisotopic (exact) mass is 292 g/mol. The molecule has 1 aromatic carbocycles. The van der Waals surface area contributed by atoms with Crippen molar-refractivity contribution in [2.75, 3.05) is 31.2 Å². The highest BCUT2D eigenvalue weighted by Gasteiger charge is 2.30. The molecule has 1 unspecified atom stereocenters. The molecule has 1 amide bonds. The van der Waals surface area contributed by atoms with Crippen LogP contribution < -0.4 is 10.2 Å². The minimum atomic E-state index is -0.566. The van der Waals surface area contributed by atoms with Crippen molar-refractivity contribution in [3.63, 3.8) is 0 Å². The Morgan fingerprint density at radius 2 is 2.29 bits per heavy atom. The molecule has 1 aliphatic heterocycles. The molecule has 5 nitrogen and oxygen atoms in total. The maximum Gasteiger partial charge on any atom is 0.245 e. The number of nitrogens with one attached hydrogen (secondary N) is 1. The van der Waals surface area contributed by atoms with Crippen molar-refractivity contribution >= 4 is 11.6 Å². The molecule has 0 aromatic heterocycles. The van der Waals surface area contributed by atoms with Crippen LogP contribution in [0.15, 0.2) is 24.3 Å². The van der Waals surface area contributed by atoms with E-state index >= 15 is 0 Å². The summed E-state index contributed by atoms with van der Waals surface area (Å²) in [6, 6.07) is 7.34. The van der Waals surface area contributed by atoms with E-state index in [1.165, 1.54) is 0 Å². The summed E-state index contributed by atoms with van der Waals surface area (Å²) in [6.45, 7) is 6.05. The number of nitrogens with zero attached hydrogens (tertiary/aromatic N) is 1. The van der Waals surface area contributed by atoms with Crippen LogP contribution in [0, 0.1) is 0 Å². The Morgan fingerprint density at radius 1 is 1.52 bits per heavy atom. The maximum absolute atomic E-state index is 12.3. The van der Waals surface area contributed by atoms with E-state index < -0.39 is 6.10 Å². The smallest absolute Gasteiger partial charge is 0.245 e. The summed E-state index contributed by atoms with van der Waals surface area (Å²) in [4.78, 5) is 14.4. The van der Waals surface area contributed by atoms with E-state index in [2.05, 4.69) is 5.32 Å². The van der Waals surface area contributed by atoms with Gasteiger partial charge in [-0.1, -0.05) is 25.1 Å². The van der Waals surface area contributed by atoms with Crippen LogP contribution in [-0.2, 0) is 9.53 Å². The number of hydrogen-bond donors (Lipinski definition) is 2. The fourth-order valence-corrected chi connectivity index (χ4v) is 2.58. The van der Waals surface area contributed by atoms with Crippen LogP contribution >= 0.6 is 0 Å². The largest absolute Gasteiger partial charge is 0.389 e. The number of anilines is 1. The molecule has 2 N–H and O–H groups in total. The molecule has 0 bridgehead atoms. The molecule has 0 saturated carbocycles. The first-order chi connectivity index (χ1) is 10.1. The molecule has 5 heteroatoms. The van der Waals surface area contributed by atoms with Crippen molar-refractivity contribution < 1.29 is 14.6 Å². The number of benzene rings is 1. The van der Waals surface area contributed by atoms with Crippen LogP contribution in [0.25, 0.3) is 0 Å². The van der Waals surface area contributed by atoms with Gasteiger partial charge in [0.2, 0.25) is 5.91 Å². The van der Waals surface area contributed by atoms with Crippen molar-refractivity contribution in [2.24, 2.45) is 0 Å². The Bertz CT molecular complexity index is 476. The summed E-state index contributed by atoms with van der Waals surface area (Å²) in [6.07, 6.45) is 0.340. The summed E-state index contributed by atoms with van der Waals surface area (Å²) >= 11 is 0. The van der Waals surface area contributed by atoms with Crippen LogP contribution in [0.2, 0.25) is 0 Å². The van der Waals surface area contributed by atoms with Gasteiger partial charge >= 0.3 is 0 Å². The predicted molar refractivity (Wildman–Crippen MR) is 82.3 cm³/mol. The fourth-order valence-electron chi connectivity index (χ4n) is 2.58. The van der Waals surface area contributed by atoms with Crippen LogP contribution in [0.5, 0.6) is 0 Å². The average molecular weight is 292 g/mol. The van der Waals surface area contributed by atoms with Gasteiger partial charge in [0.1, 0.15) is 6.04 Å². The van der Waals surface area contributed by atoms with Gasteiger partial charge in [0.05, 0.1) is 19.3 Å². The number of rotatable bonds is 5. The van der Waals surface area contributed by atoms with E-state index in [0.29, 0.717) is 26.3 Å². The van der Waals surface area contributed by atoms with Crippen LogP contribution in [0.3, 0.4) is 0 Å². The van der Waals surface area contributed by atoms with E-state index in [-0.39, 0.29) is 11.9 Å². The predicted octanol–water partition coefficient (Wildman–Crippen LogP) is 1.47. The minimum absolute atomic E-state index is 0.0167. The number of aliphatic hydroxyl groups excluding tert-OH is 1. The molecule has 2 atom stereocenters. The van der Waals surface area contributed by atoms with Crippen molar-refractivity contribution in [3.8, 4) is 0 Å². The summed E-state index contributed by atoms with van der Waals surface area (Å²) < 4.78 is 5.47. The highest BCUT2D eigenvalue weighted by molar-refractivity contribution is 5.86. The van der Waals surface area contributed by atoms with Crippen molar-refractivity contribution in [1.82, 2.24) is 5.32 Å². The van der Waals surface area contributed by atoms with Gasteiger partial charge in [0.25, 0.3) is 0 Å². The van der Waals surface area contributed by atoms with E-state index in [1.54, 1.807) is 6.92 Å². The first-order valence-corrected chi connectivity index (χ1v) is 7.54. The molecular formula is C16H24N2O3. The molecule has 1 heterocycles. The number of aliphatic hydroxyl groups is 1. The number of amides is 1. The van der Waals surface area contributed by atoms with Crippen LogP contribution in [-0.4, -0.2) is 43.4 Å². The van der Waals surface area contributed by atoms with Gasteiger partial charge in [-0.25, -0.2) is 0 Å². The molecule has 1 fully saturated rings. The molecule has 1 aliphatic rings. The number of carbonyl (C=O) groups is 1. The normalized spacial score (nSPS) is 20.1. The first-order valence-electron chi connectivity index (χ1n) is 7.54. The Morgan fingerprint density at radius 3 is 3.00 bits per heavy atom. The van der Waals surface area contributed by atoms with Gasteiger partial charge in [-0.2, -0.15) is 0 Å². The number of ether oxygens (including phenoxy) is 1. The van der Waals surface area contributed by atoms with Crippen molar-refractivity contribution in [1.29, 1.82) is 0 Å². The molecule has 0 aliphatic carbocycles. The summed E-state index contributed by atoms with van der Waals surface area (Å²) in [7, 11) is 0. The van der Waals surface area contributed by atoms with E-state index in [9.17, 15) is 9.90 Å². The lowest BCUT2D eigenvalue weighted by molar-refractivity contribution is -0.124. The third kappa shape index (κ3) is 3.74. The zero-order valence-electron chi connectivity index (χ0n) is 12.7. The lowest BCUT2D eigenvalue weighted by Gasteiger charge is -2.37. The zero-order valence-corrected chi connectivity index (χ0v) is 12.7. The zero-order chi connectivity index (χ0) is 15.2. The molecule has 0 radical (unpaired) electrons. The summed E-state index contributed by atoms with van der Waals surface area (Å²) in [5, 5.41) is 12.9. The second-order valence-corrected chi connectivity index (χ2v) is 5.31. The Hall–Kier alpha value is -1.59. The molecule has 21 heavy (non-hydrogen) atoms. The average Bonchev–Trinajstić information content (AvgIpc) is 2.52. The highest BCUT2D eigenvalue weighted by atomic mass is 16.5. The number of hydrogen-bond acceptors (Lipinski definition) is 4. The van der Waals surface area contributed by atoms with Crippen LogP contribution in [0.4, 0.5) is 5.69 Å². The van der Waals surface area contributed by atoms with E-state index in [4.69, 9.17) is 4.74 Å². The summed E-state index contributed by atoms with van der Waals surface area (Å²) in [5.74, 6) is -0.0167. The van der Waals surface area contributed by atoms with Gasteiger partial charge in [-0.05, 0) is 19.4 Å². The molecule has 2 rings (SSSR count). The standard InChI is InChI=1S/C16H24N2O3/c1-3-8-17-16(20)15-11-21-10-9-18(15)14-7-5-4-6-13(14)12(2)19/h4-7,12,15,19H,3,8-11H2,1-2H3,(H,17,20)/t12-,15?/m0/s1. The topological polar surface area (TPSA) is 61.8 Å². The van der Waals surface area contributed by atoms with Gasteiger partial charge in [0, 0.05) is 24.3 Å². The third-order valence-corrected chi connectivity index (χ3v) is 3.68. The Labute approximate surface area is 125 Å². The van der Waals surface area contributed by atoms with Crippen LogP contribution in [0.1, 0.15) is 31.9 Å². The molecule has 0 spiro atoms. The molecule has 116 valence electrons. The summed E-state index contributed by atoms with van der Waals surface area (Å²) in [5.41, 5.74) is 1.75. The maximum atomic E-state index is 12.3. The Kier molecular flexibility index (Phi) is 5.59. The first kappa shape index (κ1) is 15.8. The fraction of sp³-hybridized carbons (Fsp3) is 0.562. The van der Waals surface area contributed by atoms with Crippen molar-refractivity contribution in [2.45, 2.75) is 32.4 Å². The quantitative estimate of drug-likeness (QED) is 0.863. The van der Waals surface area contributed by atoms with Gasteiger partial charge in [-0.3, -0.25) is 4.79 Å². The minimum Gasteiger partial charge on any atom is -0.389 e. The highest BCUT2D eigenvalue weighted by Crippen LogP contribution is 2.28. The number of morpholine rings is 1. The second kappa shape index (κ2) is 7.43. The molecule has 1 saturated heterocycles. The second-order valence-electron chi connectivity index (χ2n) is 5.31. The number of para-hydroxylation sites is 1. The SMILES string of the molecule is CCCNC(=O)C1COCCN1c1ccccc1[C@H](C)O. The number of carbonyl (C=O) groups excluding carboxylic acids is 1. The molecular weight excluding hydrogens is 268 g/mol. The van der Waals surface area contributed by atoms with E-state index in [0.717, 1.165) is 17.7 Å². The van der Waals surface area contributed by atoms with Gasteiger partial charge in [0.15, 0.2) is 0 Å². The third-order valence-electron chi connectivity index (χ3n) is 3.68. The van der Waals surface area contributed by atoms with E-state index in [1.807, 2.05) is 36.1 Å². The van der Waals surface area contributed by atoms with Gasteiger partial charge < -0.3 is 20.1 Å². The molecule has 1 aromatic rings.